The molecule has 114 valence electrons. The van der Waals surface area contributed by atoms with Crippen LogP contribution in [0.5, 0.6) is 0 Å². The Balaban J connectivity index is 2.04. The highest BCUT2D eigenvalue weighted by Gasteiger charge is 2.51. The molecule has 0 saturated carbocycles. The quantitative estimate of drug-likeness (QED) is 0.575. The van der Waals surface area contributed by atoms with Gasteiger partial charge in [0.1, 0.15) is 0 Å². The lowest BCUT2D eigenvalue weighted by atomic mass is 9.98. The summed E-state index contributed by atoms with van der Waals surface area (Å²) in [5.74, 6) is 0. The SMILES string of the molecule is CC1([Si](C)(C)c2ccccc2)c2ccccc2-c2ccccc21. The topological polar surface area (TPSA) is 0 Å². The highest BCUT2D eigenvalue weighted by Crippen LogP contribution is 2.52. The summed E-state index contributed by atoms with van der Waals surface area (Å²) in [6, 6.07) is 29.1. The molecular formula is C22H22Si. The summed E-state index contributed by atoms with van der Waals surface area (Å²) >= 11 is 0. The van der Waals surface area contributed by atoms with E-state index >= 15 is 0 Å². The van der Waals surface area contributed by atoms with E-state index in [0.29, 0.717) is 0 Å². The van der Waals surface area contributed by atoms with Gasteiger partial charge in [0.05, 0.1) is 8.07 Å². The predicted molar refractivity (Wildman–Crippen MR) is 102 cm³/mol. The van der Waals surface area contributed by atoms with E-state index < -0.39 is 8.07 Å². The van der Waals surface area contributed by atoms with E-state index in [2.05, 4.69) is 98.9 Å². The lowest BCUT2D eigenvalue weighted by Crippen LogP contribution is -2.58. The maximum Gasteiger partial charge on any atom is 0.0959 e. The largest absolute Gasteiger partial charge is 0.0959 e. The van der Waals surface area contributed by atoms with Gasteiger partial charge in [-0.1, -0.05) is 104 Å². The monoisotopic (exact) mass is 314 g/mol. The molecule has 0 N–H and O–H groups in total. The van der Waals surface area contributed by atoms with Crippen molar-refractivity contribution in [3.63, 3.8) is 0 Å². The summed E-state index contributed by atoms with van der Waals surface area (Å²) in [4.78, 5) is 0. The third-order valence-electron chi connectivity index (χ3n) is 5.97. The minimum atomic E-state index is -1.77. The van der Waals surface area contributed by atoms with E-state index in [1.54, 1.807) is 0 Å². The van der Waals surface area contributed by atoms with Gasteiger partial charge in [-0.15, -0.1) is 0 Å². The van der Waals surface area contributed by atoms with Crippen molar-refractivity contribution in [2.75, 3.05) is 0 Å². The summed E-state index contributed by atoms with van der Waals surface area (Å²) in [6.45, 7) is 7.50. The zero-order valence-corrected chi connectivity index (χ0v) is 15.0. The number of hydrogen-bond acceptors (Lipinski definition) is 0. The van der Waals surface area contributed by atoms with Gasteiger partial charge in [-0.25, -0.2) is 0 Å². The lowest BCUT2D eigenvalue weighted by Gasteiger charge is -2.42. The molecule has 0 fully saturated rings. The molecule has 23 heavy (non-hydrogen) atoms. The van der Waals surface area contributed by atoms with Gasteiger partial charge < -0.3 is 0 Å². The highest BCUT2D eigenvalue weighted by molar-refractivity contribution is 6.93. The van der Waals surface area contributed by atoms with Gasteiger partial charge >= 0.3 is 0 Å². The molecule has 0 aromatic heterocycles. The van der Waals surface area contributed by atoms with Gasteiger partial charge in [-0.2, -0.15) is 0 Å². The predicted octanol–water partition coefficient (Wildman–Crippen LogP) is 5.13. The molecule has 0 unspecified atom stereocenters. The first kappa shape index (κ1) is 14.5. The van der Waals surface area contributed by atoms with E-state index in [1.165, 1.54) is 27.4 Å². The molecule has 1 aliphatic carbocycles. The molecule has 3 aromatic carbocycles. The fourth-order valence-electron chi connectivity index (χ4n) is 4.27. The molecule has 0 atom stereocenters. The maximum absolute atomic E-state index is 2.52. The summed E-state index contributed by atoms with van der Waals surface area (Å²) in [5.41, 5.74) is 5.84. The van der Waals surface area contributed by atoms with Crippen LogP contribution < -0.4 is 5.19 Å². The Kier molecular flexibility index (Phi) is 3.11. The van der Waals surface area contributed by atoms with Crippen LogP contribution in [-0.2, 0) is 5.04 Å². The molecule has 3 aromatic rings. The highest BCUT2D eigenvalue weighted by atomic mass is 28.3. The molecule has 0 nitrogen and oxygen atoms in total. The van der Waals surface area contributed by atoms with Crippen LogP contribution in [0.3, 0.4) is 0 Å². The van der Waals surface area contributed by atoms with Crippen molar-refractivity contribution in [3.8, 4) is 11.1 Å². The fourth-order valence-corrected chi connectivity index (χ4v) is 7.66. The smallest absolute Gasteiger partial charge is 0.0645 e. The summed E-state index contributed by atoms with van der Waals surface area (Å²) in [6.07, 6.45) is 0. The molecule has 0 aliphatic heterocycles. The van der Waals surface area contributed by atoms with Crippen molar-refractivity contribution >= 4 is 13.3 Å². The normalized spacial score (nSPS) is 15.1. The number of rotatable bonds is 2. The van der Waals surface area contributed by atoms with Crippen molar-refractivity contribution in [1.82, 2.24) is 0 Å². The van der Waals surface area contributed by atoms with Gasteiger partial charge in [0.2, 0.25) is 0 Å². The number of fused-ring (bicyclic) bond motifs is 3. The molecule has 0 saturated heterocycles. The van der Waals surface area contributed by atoms with E-state index in [9.17, 15) is 0 Å². The molecular weight excluding hydrogens is 292 g/mol. The average Bonchev–Trinajstić information content (AvgIpc) is 2.87. The van der Waals surface area contributed by atoms with Crippen LogP contribution in [0.2, 0.25) is 13.1 Å². The van der Waals surface area contributed by atoms with Crippen LogP contribution in [-0.4, -0.2) is 8.07 Å². The van der Waals surface area contributed by atoms with Crippen molar-refractivity contribution in [1.29, 1.82) is 0 Å². The second kappa shape index (κ2) is 4.94. The minimum absolute atomic E-state index is 0.0987. The minimum Gasteiger partial charge on any atom is -0.0645 e. The van der Waals surface area contributed by atoms with E-state index in [-0.39, 0.29) is 5.04 Å². The average molecular weight is 315 g/mol. The van der Waals surface area contributed by atoms with Crippen LogP contribution in [0.15, 0.2) is 78.9 Å². The van der Waals surface area contributed by atoms with Crippen molar-refractivity contribution in [3.05, 3.63) is 90.0 Å². The zero-order chi connectivity index (χ0) is 16.1. The Labute approximate surface area is 139 Å². The molecule has 0 spiro atoms. The standard InChI is InChI=1S/C22H22Si/c1-22(23(2,3)17-11-5-4-6-12-17)20-15-9-7-13-18(20)19-14-8-10-16-21(19)22/h4-16H,1-3H3. The van der Waals surface area contributed by atoms with Gasteiger partial charge in [0.25, 0.3) is 0 Å². The van der Waals surface area contributed by atoms with Crippen LogP contribution in [0.1, 0.15) is 18.1 Å². The molecule has 0 amide bonds. The number of hydrogen-bond donors (Lipinski definition) is 0. The zero-order valence-electron chi connectivity index (χ0n) is 14.0. The van der Waals surface area contributed by atoms with Gasteiger partial charge in [0.15, 0.2) is 0 Å². The van der Waals surface area contributed by atoms with Gasteiger partial charge in [0, 0.05) is 5.04 Å². The van der Waals surface area contributed by atoms with E-state index in [0.717, 1.165) is 0 Å². The third kappa shape index (κ3) is 1.83. The molecule has 0 bridgehead atoms. The molecule has 1 heteroatoms. The first-order valence-corrected chi connectivity index (χ1v) is 11.3. The Bertz CT molecular complexity index is 816. The second-order valence-electron chi connectivity index (χ2n) is 7.21. The van der Waals surface area contributed by atoms with Crippen LogP contribution in [0.4, 0.5) is 0 Å². The lowest BCUT2D eigenvalue weighted by molar-refractivity contribution is 0.806. The summed E-state index contributed by atoms with van der Waals surface area (Å²) in [5, 5.41) is 1.62. The van der Waals surface area contributed by atoms with E-state index in [1.807, 2.05) is 0 Å². The van der Waals surface area contributed by atoms with Crippen LogP contribution in [0, 0.1) is 0 Å². The Morgan fingerprint density at radius 2 is 1.04 bits per heavy atom. The molecule has 0 heterocycles. The first-order valence-electron chi connectivity index (χ1n) is 8.32. The third-order valence-corrected chi connectivity index (χ3v) is 10.8. The van der Waals surface area contributed by atoms with Gasteiger partial charge in [-0.3, -0.25) is 0 Å². The molecule has 0 radical (unpaired) electrons. The maximum atomic E-state index is 2.52. The molecule has 4 rings (SSSR count). The first-order chi connectivity index (χ1) is 11.1. The second-order valence-corrected chi connectivity index (χ2v) is 12.0. The summed E-state index contributed by atoms with van der Waals surface area (Å²) < 4.78 is 0. The van der Waals surface area contributed by atoms with Crippen LogP contribution in [0.25, 0.3) is 11.1 Å². The van der Waals surface area contributed by atoms with Crippen LogP contribution >= 0.6 is 0 Å². The Morgan fingerprint density at radius 3 is 1.57 bits per heavy atom. The summed E-state index contributed by atoms with van der Waals surface area (Å²) in [7, 11) is -1.77. The van der Waals surface area contributed by atoms with Crippen molar-refractivity contribution < 1.29 is 0 Å². The fraction of sp³-hybridized carbons (Fsp3) is 0.182. The Morgan fingerprint density at radius 1 is 0.609 bits per heavy atom. The Hall–Kier alpha value is -2.12. The molecule has 1 aliphatic rings. The number of benzene rings is 3. The van der Waals surface area contributed by atoms with Gasteiger partial charge in [-0.05, 0) is 22.3 Å². The van der Waals surface area contributed by atoms with Crippen molar-refractivity contribution in [2.45, 2.75) is 25.1 Å². The van der Waals surface area contributed by atoms with E-state index in [4.69, 9.17) is 0 Å². The van der Waals surface area contributed by atoms with Crippen molar-refractivity contribution in [2.24, 2.45) is 0 Å².